The van der Waals surface area contributed by atoms with Crippen molar-refractivity contribution in [3.8, 4) is 11.1 Å². The molecule has 0 unspecified atom stereocenters. The van der Waals surface area contributed by atoms with Gasteiger partial charge in [-0.1, -0.05) is 12.1 Å². The summed E-state index contributed by atoms with van der Waals surface area (Å²) >= 11 is 0. The van der Waals surface area contributed by atoms with Gasteiger partial charge in [0.1, 0.15) is 5.82 Å². The summed E-state index contributed by atoms with van der Waals surface area (Å²) in [7, 11) is 0. The first-order valence-corrected chi connectivity index (χ1v) is 4.50. The van der Waals surface area contributed by atoms with Crippen molar-refractivity contribution in [3.63, 3.8) is 0 Å². The smallest absolute Gasteiger partial charge is 1.00 e. The van der Waals surface area contributed by atoms with Crippen LogP contribution in [0.2, 0.25) is 0 Å². The van der Waals surface area contributed by atoms with E-state index in [0.717, 1.165) is 11.1 Å². The second kappa shape index (κ2) is 7.04. The van der Waals surface area contributed by atoms with Crippen LogP contribution in [0.1, 0.15) is 5.56 Å². The van der Waals surface area contributed by atoms with Gasteiger partial charge in [0.2, 0.25) is 0 Å². The van der Waals surface area contributed by atoms with Gasteiger partial charge in [0, 0.05) is 0 Å². The molecule has 0 atom stereocenters. The van der Waals surface area contributed by atoms with Crippen molar-refractivity contribution in [1.82, 2.24) is 0 Å². The number of aryl methyl sites for hydroxylation is 1. The molecule has 0 fully saturated rings. The summed E-state index contributed by atoms with van der Waals surface area (Å²) in [6.07, 6.45) is 0. The third kappa shape index (κ3) is 3.58. The fraction of sp³-hybridized carbons (Fsp3) is 0.0769. The summed E-state index contributed by atoms with van der Waals surface area (Å²) in [5, 5.41) is 0. The zero-order valence-corrected chi connectivity index (χ0v) is 12.0. The summed E-state index contributed by atoms with van der Waals surface area (Å²) in [4.78, 5) is 0. The van der Waals surface area contributed by atoms with E-state index in [4.69, 9.17) is 0 Å². The van der Waals surface area contributed by atoms with Crippen LogP contribution in [0.3, 0.4) is 0 Å². The molecule has 2 aromatic carbocycles. The van der Waals surface area contributed by atoms with E-state index in [-0.39, 0.29) is 45.9 Å². The molecular weight excluding hydrogens is 279 g/mol. The van der Waals surface area contributed by atoms with Crippen LogP contribution in [0.4, 0.5) is 4.39 Å². The van der Waals surface area contributed by atoms with Gasteiger partial charge in [0.15, 0.2) is 0 Å². The molecule has 3 heteroatoms. The Morgan fingerprint density at radius 2 is 1.62 bits per heavy atom. The van der Waals surface area contributed by atoms with Gasteiger partial charge in [-0.05, 0) is 24.1 Å². The first-order valence-electron chi connectivity index (χ1n) is 4.50. The van der Waals surface area contributed by atoms with E-state index < -0.39 is 0 Å². The maximum Gasteiger partial charge on any atom is 2.00 e. The van der Waals surface area contributed by atoms with Crippen LogP contribution < -0.4 is 17.0 Å². The predicted molar refractivity (Wildman–Crippen MR) is 61.2 cm³/mol. The Morgan fingerprint density at radius 3 is 2.19 bits per heavy atom. The quantitative estimate of drug-likeness (QED) is 0.521. The largest absolute Gasteiger partial charge is 2.00 e. The molecule has 0 aliphatic carbocycles. The Hall–Kier alpha value is -0.384. The van der Waals surface area contributed by atoms with E-state index in [9.17, 15) is 4.39 Å². The van der Waals surface area contributed by atoms with Gasteiger partial charge in [-0.2, -0.15) is 30.3 Å². The molecule has 0 aromatic heterocycles. The number of hydrogen-bond donors (Lipinski definition) is 0. The molecule has 78 valence electrons. The molecule has 0 saturated carbocycles. The van der Waals surface area contributed by atoms with E-state index >= 15 is 0 Å². The van der Waals surface area contributed by atoms with Gasteiger partial charge in [-0.15, -0.1) is 5.56 Å². The maximum atomic E-state index is 13.3. The first-order chi connectivity index (χ1) is 6.77. The first kappa shape index (κ1) is 15.6. The van der Waals surface area contributed by atoms with Crippen LogP contribution in [0.25, 0.3) is 11.1 Å². The van der Waals surface area contributed by atoms with Crippen LogP contribution >= 0.6 is 0 Å². The van der Waals surface area contributed by atoms with Crippen molar-refractivity contribution in [2.75, 3.05) is 0 Å². The molecule has 2 rings (SSSR count). The molecule has 2 aromatic rings. The molecule has 0 nitrogen and oxygen atoms in total. The maximum absolute atomic E-state index is 13.3. The van der Waals surface area contributed by atoms with Crippen molar-refractivity contribution in [1.29, 1.82) is 0 Å². The minimum atomic E-state index is -0.157. The van der Waals surface area contributed by atoms with Crippen molar-refractivity contribution in [3.05, 3.63) is 59.9 Å². The molecule has 0 radical (unpaired) electrons. The van der Waals surface area contributed by atoms with Crippen molar-refractivity contribution in [2.24, 2.45) is 0 Å². The van der Waals surface area contributed by atoms with Crippen LogP contribution in [-0.2, 0) is 0 Å². The zero-order chi connectivity index (χ0) is 9.97. The van der Waals surface area contributed by atoms with Gasteiger partial charge in [0.05, 0.1) is 0 Å². The molecule has 0 saturated heterocycles. The standard InChI is InChI=1S/C13H10F.BrH.Mg/c1-10-7-8-12(9-13(10)14)11-5-3-2-4-6-11;;/h3-9H,1H3;1H;/q-1;;+2/p-1. The summed E-state index contributed by atoms with van der Waals surface area (Å²) in [5.41, 5.74) is 2.60. The number of benzene rings is 2. The summed E-state index contributed by atoms with van der Waals surface area (Å²) in [5.74, 6) is -0.157. The van der Waals surface area contributed by atoms with E-state index in [1.807, 2.05) is 30.3 Å². The summed E-state index contributed by atoms with van der Waals surface area (Å²) in [6.45, 7) is 1.76. The molecule has 0 amide bonds. The van der Waals surface area contributed by atoms with Gasteiger partial charge in [-0.3, -0.25) is 0 Å². The fourth-order valence-electron chi connectivity index (χ4n) is 1.35. The predicted octanol–water partition coefficient (Wildman–Crippen LogP) is 0.225. The summed E-state index contributed by atoms with van der Waals surface area (Å²) in [6, 6.07) is 15.7. The Balaban J connectivity index is 0.00000112. The summed E-state index contributed by atoms with van der Waals surface area (Å²) < 4.78 is 13.3. The Morgan fingerprint density at radius 1 is 1.00 bits per heavy atom. The van der Waals surface area contributed by atoms with E-state index in [2.05, 4.69) is 6.07 Å². The molecule has 0 spiro atoms. The fourth-order valence-corrected chi connectivity index (χ4v) is 1.35. The number of halogens is 2. The monoisotopic (exact) mass is 288 g/mol. The molecule has 0 heterocycles. The molecule has 0 bridgehead atoms. The van der Waals surface area contributed by atoms with E-state index in [1.54, 1.807) is 19.1 Å². The van der Waals surface area contributed by atoms with Gasteiger partial charge >= 0.3 is 23.1 Å². The van der Waals surface area contributed by atoms with E-state index in [0.29, 0.717) is 5.56 Å². The average molecular weight is 289 g/mol. The van der Waals surface area contributed by atoms with Crippen molar-refractivity contribution in [2.45, 2.75) is 6.92 Å². The third-order valence-corrected chi connectivity index (χ3v) is 2.22. The normalized spacial score (nSPS) is 8.88. The Bertz CT molecular complexity index is 443. The van der Waals surface area contributed by atoms with Crippen LogP contribution in [-0.4, -0.2) is 23.1 Å². The molecule has 0 N–H and O–H groups in total. The molecule has 16 heavy (non-hydrogen) atoms. The molecule has 0 aliphatic rings. The molecular formula is C13H10BrFMg. The van der Waals surface area contributed by atoms with Gasteiger partial charge < -0.3 is 17.0 Å². The average Bonchev–Trinajstić information content (AvgIpc) is 2.23. The molecule has 0 aliphatic heterocycles. The third-order valence-electron chi connectivity index (χ3n) is 2.22. The number of rotatable bonds is 1. The Labute approximate surface area is 122 Å². The van der Waals surface area contributed by atoms with E-state index in [1.165, 1.54) is 0 Å². The van der Waals surface area contributed by atoms with Gasteiger partial charge in [-0.25, -0.2) is 4.39 Å². The Kier molecular flexibility index (Phi) is 6.87. The minimum absolute atomic E-state index is 0. The minimum Gasteiger partial charge on any atom is -1.00 e. The van der Waals surface area contributed by atoms with Crippen LogP contribution in [0.15, 0.2) is 42.5 Å². The van der Waals surface area contributed by atoms with Crippen molar-refractivity contribution >= 4 is 23.1 Å². The zero-order valence-electron chi connectivity index (χ0n) is 9.00. The van der Waals surface area contributed by atoms with Gasteiger partial charge in [0.25, 0.3) is 0 Å². The topological polar surface area (TPSA) is 0 Å². The second-order valence-electron chi connectivity index (χ2n) is 3.25. The number of hydrogen-bond acceptors (Lipinski definition) is 0. The van der Waals surface area contributed by atoms with Crippen molar-refractivity contribution < 1.29 is 21.4 Å². The van der Waals surface area contributed by atoms with Crippen LogP contribution in [0, 0.1) is 18.8 Å². The SMILES string of the molecule is Cc1ccc(-c2cc[c-]cc2)cc1F.[Br-].[Mg+2]. The second-order valence-corrected chi connectivity index (χ2v) is 3.25. The van der Waals surface area contributed by atoms with Crippen LogP contribution in [0.5, 0.6) is 0 Å².